The molecule has 3 heterocycles. The molecule has 2 N–H and O–H groups in total. The summed E-state index contributed by atoms with van der Waals surface area (Å²) in [7, 11) is 0. The fourth-order valence-electron chi connectivity index (χ4n) is 3.44. The van der Waals surface area contributed by atoms with Crippen molar-refractivity contribution in [3.63, 3.8) is 0 Å². The molecule has 1 aliphatic rings. The van der Waals surface area contributed by atoms with Gasteiger partial charge < -0.3 is 15.5 Å². The van der Waals surface area contributed by atoms with E-state index in [0.29, 0.717) is 30.5 Å². The molecule has 1 aliphatic heterocycles. The molecule has 8 nitrogen and oxygen atoms in total. The molecule has 0 atom stereocenters. The van der Waals surface area contributed by atoms with E-state index in [1.165, 1.54) is 18.5 Å². The number of amides is 1. The topological polar surface area (TPSA) is 95.9 Å². The molecule has 1 aromatic carbocycles. The van der Waals surface area contributed by atoms with Gasteiger partial charge in [-0.3, -0.25) is 4.79 Å². The van der Waals surface area contributed by atoms with E-state index in [0.717, 1.165) is 24.0 Å². The minimum atomic E-state index is -0.494. The molecule has 1 fully saturated rings. The molecule has 0 saturated carbocycles. The first-order chi connectivity index (χ1) is 15.0. The van der Waals surface area contributed by atoms with Gasteiger partial charge in [0.2, 0.25) is 11.9 Å². The highest BCUT2D eigenvalue weighted by Crippen LogP contribution is 2.29. The number of piperidine rings is 1. The average Bonchev–Trinajstić information content (AvgIpc) is 2.77. The second-order valence-corrected chi connectivity index (χ2v) is 7.67. The molecule has 4 rings (SSSR count). The maximum absolute atomic E-state index is 13.4. The maximum Gasteiger partial charge on any atom is 0.229 e. The summed E-state index contributed by atoms with van der Waals surface area (Å²) in [4.78, 5) is 30.6. The number of carbonyl (C=O) groups excluding carboxylic acids is 1. The molecule has 0 aliphatic carbocycles. The molecule has 1 amide bonds. The van der Waals surface area contributed by atoms with Crippen molar-refractivity contribution < 1.29 is 9.18 Å². The maximum atomic E-state index is 13.4. The highest BCUT2D eigenvalue weighted by Gasteiger charge is 2.22. The summed E-state index contributed by atoms with van der Waals surface area (Å²) >= 11 is 5.87. The van der Waals surface area contributed by atoms with Gasteiger partial charge in [-0.15, -0.1) is 0 Å². The van der Waals surface area contributed by atoms with Crippen LogP contribution >= 0.6 is 11.6 Å². The van der Waals surface area contributed by atoms with Crippen molar-refractivity contribution in [3.05, 3.63) is 54.0 Å². The van der Waals surface area contributed by atoms with Gasteiger partial charge >= 0.3 is 0 Å². The summed E-state index contributed by atoms with van der Waals surface area (Å²) < 4.78 is 13.4. The molecule has 160 valence electrons. The first kappa shape index (κ1) is 20.9. The Bertz CT molecular complexity index is 1070. The van der Waals surface area contributed by atoms with Crippen molar-refractivity contribution in [1.82, 2.24) is 24.8 Å². The Morgan fingerprint density at radius 2 is 1.94 bits per heavy atom. The normalized spacial score (nSPS) is 14.4. The SMILES string of the molecule is CC(=O)N1CCC(Nc2nc(Nc3ccc(F)c(Cl)c3)ncc2-c2cncnc2)CC1. The predicted octanol–water partition coefficient (Wildman–Crippen LogP) is 3.89. The molecular formula is C21H21ClFN7O. The third kappa shape index (κ3) is 5.05. The van der Waals surface area contributed by atoms with Crippen LogP contribution in [0, 0.1) is 5.82 Å². The van der Waals surface area contributed by atoms with Gasteiger partial charge in [-0.25, -0.2) is 19.3 Å². The van der Waals surface area contributed by atoms with Crippen molar-refractivity contribution in [2.24, 2.45) is 0 Å². The Labute approximate surface area is 183 Å². The summed E-state index contributed by atoms with van der Waals surface area (Å²) in [6.45, 7) is 2.98. The smallest absolute Gasteiger partial charge is 0.229 e. The number of aromatic nitrogens is 4. The molecule has 1 saturated heterocycles. The van der Waals surface area contributed by atoms with Crippen LogP contribution < -0.4 is 10.6 Å². The highest BCUT2D eigenvalue weighted by atomic mass is 35.5. The van der Waals surface area contributed by atoms with Crippen LogP contribution in [0.1, 0.15) is 19.8 Å². The van der Waals surface area contributed by atoms with Gasteiger partial charge in [0.15, 0.2) is 0 Å². The molecule has 0 radical (unpaired) electrons. The number of halogens is 2. The van der Waals surface area contributed by atoms with E-state index >= 15 is 0 Å². The summed E-state index contributed by atoms with van der Waals surface area (Å²) in [6, 6.07) is 4.47. The van der Waals surface area contributed by atoms with Gasteiger partial charge in [0.05, 0.1) is 5.02 Å². The van der Waals surface area contributed by atoms with E-state index in [-0.39, 0.29) is 17.0 Å². The minimum Gasteiger partial charge on any atom is -0.367 e. The second kappa shape index (κ2) is 9.22. The number of nitrogens with zero attached hydrogens (tertiary/aromatic N) is 5. The lowest BCUT2D eigenvalue weighted by molar-refractivity contribution is -0.129. The summed E-state index contributed by atoms with van der Waals surface area (Å²) in [5.41, 5.74) is 2.11. The fraction of sp³-hybridized carbons (Fsp3) is 0.286. The molecule has 3 aromatic rings. The van der Waals surface area contributed by atoms with Crippen LogP contribution in [0.3, 0.4) is 0 Å². The van der Waals surface area contributed by atoms with E-state index in [1.807, 2.05) is 4.90 Å². The zero-order chi connectivity index (χ0) is 21.8. The van der Waals surface area contributed by atoms with Crippen molar-refractivity contribution >= 4 is 35.0 Å². The number of carbonyl (C=O) groups is 1. The van der Waals surface area contributed by atoms with Gasteiger partial charge in [0.25, 0.3) is 0 Å². The third-order valence-electron chi connectivity index (χ3n) is 5.12. The largest absolute Gasteiger partial charge is 0.367 e. The lowest BCUT2D eigenvalue weighted by Gasteiger charge is -2.32. The number of rotatable bonds is 5. The van der Waals surface area contributed by atoms with Gasteiger partial charge in [0, 0.05) is 61.5 Å². The van der Waals surface area contributed by atoms with Crippen molar-refractivity contribution in [3.8, 4) is 11.1 Å². The molecule has 10 heteroatoms. The van der Waals surface area contributed by atoms with Crippen LogP contribution in [-0.4, -0.2) is 49.9 Å². The van der Waals surface area contributed by atoms with Gasteiger partial charge in [-0.1, -0.05) is 11.6 Å². The Kier molecular flexibility index (Phi) is 6.22. The number of anilines is 3. The number of likely N-dealkylation sites (tertiary alicyclic amines) is 1. The number of nitrogens with one attached hydrogen (secondary N) is 2. The van der Waals surface area contributed by atoms with Crippen molar-refractivity contribution in [2.45, 2.75) is 25.8 Å². The number of benzene rings is 1. The molecule has 2 aromatic heterocycles. The molecule has 0 unspecified atom stereocenters. The van der Waals surface area contributed by atoms with E-state index in [9.17, 15) is 9.18 Å². The lowest BCUT2D eigenvalue weighted by atomic mass is 10.0. The van der Waals surface area contributed by atoms with E-state index in [2.05, 4.69) is 30.6 Å². The van der Waals surface area contributed by atoms with Crippen molar-refractivity contribution in [2.75, 3.05) is 23.7 Å². The van der Waals surface area contributed by atoms with E-state index in [4.69, 9.17) is 11.6 Å². The average molecular weight is 442 g/mol. The Morgan fingerprint density at radius 1 is 1.19 bits per heavy atom. The van der Waals surface area contributed by atoms with Crippen LogP contribution in [0.25, 0.3) is 11.1 Å². The molecule has 31 heavy (non-hydrogen) atoms. The monoisotopic (exact) mass is 441 g/mol. The van der Waals surface area contributed by atoms with Crippen LogP contribution in [0.4, 0.5) is 21.8 Å². The van der Waals surface area contributed by atoms with Crippen LogP contribution in [0.2, 0.25) is 5.02 Å². The Morgan fingerprint density at radius 3 is 2.61 bits per heavy atom. The highest BCUT2D eigenvalue weighted by molar-refractivity contribution is 6.31. The van der Waals surface area contributed by atoms with Crippen LogP contribution in [-0.2, 0) is 4.79 Å². The summed E-state index contributed by atoms with van der Waals surface area (Å²) in [5.74, 6) is 0.563. The first-order valence-electron chi connectivity index (χ1n) is 9.86. The summed E-state index contributed by atoms with van der Waals surface area (Å²) in [5, 5.41) is 6.55. The Hall–Kier alpha value is -3.33. The zero-order valence-corrected chi connectivity index (χ0v) is 17.6. The van der Waals surface area contributed by atoms with Crippen LogP contribution in [0.15, 0.2) is 43.1 Å². The lowest BCUT2D eigenvalue weighted by Crippen LogP contribution is -2.41. The Balaban J connectivity index is 1.59. The van der Waals surface area contributed by atoms with E-state index < -0.39 is 5.82 Å². The zero-order valence-electron chi connectivity index (χ0n) is 16.8. The quantitative estimate of drug-likeness (QED) is 0.620. The number of hydrogen-bond acceptors (Lipinski definition) is 7. The van der Waals surface area contributed by atoms with Crippen LogP contribution in [0.5, 0.6) is 0 Å². The molecular weight excluding hydrogens is 421 g/mol. The molecule has 0 bridgehead atoms. The van der Waals surface area contributed by atoms with Gasteiger partial charge in [-0.05, 0) is 31.0 Å². The third-order valence-corrected chi connectivity index (χ3v) is 5.41. The second-order valence-electron chi connectivity index (χ2n) is 7.26. The predicted molar refractivity (Wildman–Crippen MR) is 117 cm³/mol. The van der Waals surface area contributed by atoms with Gasteiger partial charge in [-0.2, -0.15) is 4.98 Å². The fourth-order valence-corrected chi connectivity index (χ4v) is 3.62. The van der Waals surface area contributed by atoms with Gasteiger partial charge in [0.1, 0.15) is 18.0 Å². The minimum absolute atomic E-state index is 0.0126. The standard InChI is InChI=1S/C21H21ClFN7O/c1-13(31)30-6-4-15(5-7-30)27-20-17(14-9-24-12-25-10-14)11-26-21(29-20)28-16-2-3-19(23)18(22)8-16/h2-3,8-12,15H,4-7H2,1H3,(H2,26,27,28,29). The molecule has 0 spiro atoms. The number of hydrogen-bond donors (Lipinski definition) is 2. The van der Waals surface area contributed by atoms with E-state index in [1.54, 1.807) is 31.6 Å². The first-order valence-corrected chi connectivity index (χ1v) is 10.2. The van der Waals surface area contributed by atoms with Crippen molar-refractivity contribution in [1.29, 1.82) is 0 Å². The summed E-state index contributed by atoms with van der Waals surface area (Å²) in [6.07, 6.45) is 8.16.